The van der Waals surface area contributed by atoms with Crippen LogP contribution in [0.1, 0.15) is 40.0 Å². The van der Waals surface area contributed by atoms with E-state index in [9.17, 15) is 18.7 Å². The normalized spacial score (nSPS) is 21.1. The van der Waals surface area contributed by atoms with Crippen LogP contribution in [-0.4, -0.2) is 60.0 Å². The highest BCUT2D eigenvalue weighted by Gasteiger charge is 2.38. The van der Waals surface area contributed by atoms with Gasteiger partial charge in [-0.15, -0.1) is 0 Å². The summed E-state index contributed by atoms with van der Waals surface area (Å²) in [6, 6.07) is 12.5. The number of anilines is 1. The van der Waals surface area contributed by atoms with Crippen molar-refractivity contribution in [2.24, 2.45) is 0 Å². The molecule has 0 bridgehead atoms. The zero-order chi connectivity index (χ0) is 23.1. The summed E-state index contributed by atoms with van der Waals surface area (Å²) in [5.74, 6) is -0.135. The number of fused-ring (bicyclic) bond motifs is 3. The van der Waals surface area contributed by atoms with Crippen molar-refractivity contribution in [2.45, 2.75) is 31.4 Å². The summed E-state index contributed by atoms with van der Waals surface area (Å²) in [5, 5.41) is 12.4. The number of pyridine rings is 1. The number of nitrogens with zero attached hydrogens (tertiary/aromatic N) is 3. The molecule has 172 valence electrons. The molecule has 1 fully saturated rings. The fourth-order valence-corrected chi connectivity index (χ4v) is 4.95. The van der Waals surface area contributed by atoms with Gasteiger partial charge in [0.15, 0.2) is 0 Å². The Morgan fingerprint density at radius 3 is 2.76 bits per heavy atom. The molecule has 1 amide bonds. The van der Waals surface area contributed by atoms with E-state index in [1.165, 1.54) is 12.3 Å². The van der Waals surface area contributed by atoms with Gasteiger partial charge < -0.3 is 19.6 Å². The molecule has 1 N–H and O–H groups in total. The maximum absolute atomic E-state index is 13.6. The monoisotopic (exact) mass is 453 g/mol. The number of hydrogen-bond donors (Lipinski definition) is 1. The smallest absolute Gasteiger partial charge is 0.280 e. The fraction of sp³-hybridized carbons (Fsp3) is 0.360. The molecule has 5 rings (SSSR count). The molecule has 1 saturated heterocycles. The molecule has 0 unspecified atom stereocenters. The summed E-state index contributed by atoms with van der Waals surface area (Å²) in [4.78, 5) is 21.1. The molecule has 0 spiro atoms. The van der Waals surface area contributed by atoms with E-state index in [0.717, 1.165) is 22.0 Å². The molecule has 2 aliphatic heterocycles. The number of aliphatic hydroxyl groups excluding tert-OH is 1. The van der Waals surface area contributed by atoms with Crippen molar-refractivity contribution in [3.63, 3.8) is 0 Å². The van der Waals surface area contributed by atoms with Gasteiger partial charge in [0.25, 0.3) is 12.3 Å². The minimum absolute atomic E-state index is 0.135. The Morgan fingerprint density at radius 1 is 1.21 bits per heavy atom. The minimum atomic E-state index is -2.64. The van der Waals surface area contributed by atoms with Crippen LogP contribution in [-0.2, 0) is 11.2 Å². The molecule has 2 atom stereocenters. The van der Waals surface area contributed by atoms with Crippen molar-refractivity contribution in [1.29, 1.82) is 0 Å². The first-order valence-electron chi connectivity index (χ1n) is 11.0. The van der Waals surface area contributed by atoms with Crippen LogP contribution in [0.4, 0.5) is 14.5 Å². The summed E-state index contributed by atoms with van der Waals surface area (Å²) in [6.07, 6.45) is -1.01. The Labute approximate surface area is 190 Å². The number of ether oxygens (including phenoxy) is 1. The average Bonchev–Trinajstić information content (AvgIpc) is 2.82. The molecule has 2 aromatic carbocycles. The number of aliphatic hydroxyl groups is 1. The maximum atomic E-state index is 13.6. The molecule has 8 heteroatoms. The van der Waals surface area contributed by atoms with Crippen molar-refractivity contribution in [2.75, 3.05) is 31.8 Å². The number of rotatable bonds is 4. The van der Waals surface area contributed by atoms with Crippen LogP contribution in [0.15, 0.2) is 48.7 Å². The van der Waals surface area contributed by atoms with Crippen LogP contribution in [0.3, 0.4) is 0 Å². The first-order valence-corrected chi connectivity index (χ1v) is 11.0. The van der Waals surface area contributed by atoms with E-state index in [2.05, 4.69) is 4.98 Å². The second-order valence-electron chi connectivity index (χ2n) is 8.66. The quantitative estimate of drug-likeness (QED) is 0.652. The van der Waals surface area contributed by atoms with Gasteiger partial charge in [-0.05, 0) is 47.6 Å². The van der Waals surface area contributed by atoms with Crippen LogP contribution >= 0.6 is 0 Å². The summed E-state index contributed by atoms with van der Waals surface area (Å²) < 4.78 is 31.7. The summed E-state index contributed by atoms with van der Waals surface area (Å²) in [6.45, 7) is 1.08. The van der Waals surface area contributed by atoms with Crippen LogP contribution in [0.25, 0.3) is 10.8 Å². The number of amides is 1. The van der Waals surface area contributed by atoms with Crippen LogP contribution in [0, 0.1) is 0 Å². The Hall–Kier alpha value is -3.10. The number of benzene rings is 2. The zero-order valence-electron chi connectivity index (χ0n) is 18.2. The van der Waals surface area contributed by atoms with E-state index in [1.807, 2.05) is 42.3 Å². The lowest BCUT2D eigenvalue weighted by Crippen LogP contribution is -2.56. The largest absolute Gasteiger partial charge is 0.389 e. The summed E-state index contributed by atoms with van der Waals surface area (Å²) in [7, 11) is 1.94. The standard InChI is InChI=1S/C25H25F2N3O3/c1-29-14-30(21-7-9-33-13-22(21)31)25(32)19-12-16(17-4-2-3-5-18(17)23(19)29)10-15-6-8-28-20(11-15)24(26)27/h2-6,8,11-12,21-22,24,31H,7,9-10,13-14H2,1H3/t21-,22-/m0/s1. The predicted octanol–water partition coefficient (Wildman–Crippen LogP) is 3.76. The molecule has 0 radical (unpaired) electrons. The highest BCUT2D eigenvalue weighted by molar-refractivity contribution is 6.11. The van der Waals surface area contributed by atoms with Gasteiger partial charge in [-0.1, -0.05) is 24.3 Å². The molecule has 1 aromatic heterocycles. The van der Waals surface area contributed by atoms with Gasteiger partial charge >= 0.3 is 0 Å². The Bertz CT molecular complexity index is 1200. The minimum Gasteiger partial charge on any atom is -0.389 e. The molecule has 0 aliphatic carbocycles. The highest BCUT2D eigenvalue weighted by Crippen LogP contribution is 2.38. The summed E-state index contributed by atoms with van der Waals surface area (Å²) >= 11 is 0. The second-order valence-corrected chi connectivity index (χ2v) is 8.66. The second kappa shape index (κ2) is 8.68. The molecule has 3 aromatic rings. The van der Waals surface area contributed by atoms with Crippen molar-refractivity contribution >= 4 is 22.4 Å². The van der Waals surface area contributed by atoms with Gasteiger partial charge in [0.2, 0.25) is 0 Å². The lowest BCUT2D eigenvalue weighted by molar-refractivity contribution is -0.0575. The predicted molar refractivity (Wildman–Crippen MR) is 121 cm³/mol. The summed E-state index contributed by atoms with van der Waals surface area (Å²) in [5.41, 5.74) is 2.73. The molecule has 2 aliphatic rings. The van der Waals surface area contributed by atoms with E-state index < -0.39 is 12.5 Å². The van der Waals surface area contributed by atoms with Gasteiger partial charge in [-0.3, -0.25) is 9.78 Å². The van der Waals surface area contributed by atoms with Crippen molar-refractivity contribution in [1.82, 2.24) is 9.88 Å². The van der Waals surface area contributed by atoms with Crippen LogP contribution in [0.5, 0.6) is 0 Å². The van der Waals surface area contributed by atoms with Crippen molar-refractivity contribution in [3.8, 4) is 0 Å². The van der Waals surface area contributed by atoms with Crippen molar-refractivity contribution < 1.29 is 23.4 Å². The van der Waals surface area contributed by atoms with Gasteiger partial charge in [-0.2, -0.15) is 0 Å². The zero-order valence-corrected chi connectivity index (χ0v) is 18.2. The third kappa shape index (κ3) is 3.94. The molecule has 6 nitrogen and oxygen atoms in total. The van der Waals surface area contributed by atoms with Crippen LogP contribution < -0.4 is 4.90 Å². The van der Waals surface area contributed by atoms with Gasteiger partial charge in [-0.25, -0.2) is 8.78 Å². The number of carbonyl (C=O) groups excluding carboxylic acids is 1. The third-order valence-corrected chi connectivity index (χ3v) is 6.49. The van der Waals surface area contributed by atoms with Gasteiger partial charge in [0, 0.05) is 25.2 Å². The number of carbonyl (C=O) groups is 1. The van der Waals surface area contributed by atoms with E-state index >= 15 is 0 Å². The topological polar surface area (TPSA) is 65.9 Å². The Morgan fingerprint density at radius 2 is 2.00 bits per heavy atom. The molecular weight excluding hydrogens is 428 g/mol. The first-order chi connectivity index (χ1) is 15.9. The highest BCUT2D eigenvalue weighted by atomic mass is 19.3. The Kier molecular flexibility index (Phi) is 5.72. The lowest BCUT2D eigenvalue weighted by Gasteiger charge is -2.43. The van der Waals surface area contributed by atoms with Crippen molar-refractivity contribution in [3.05, 3.63) is 71.0 Å². The SMILES string of the molecule is CN1CN([C@H]2CCOC[C@@H]2O)C(=O)c2cc(Cc3ccnc(C(F)F)c3)c3ccccc3c21. The molecule has 3 heterocycles. The number of halogens is 2. The van der Waals surface area contributed by atoms with Gasteiger partial charge in [0.1, 0.15) is 5.69 Å². The molecule has 33 heavy (non-hydrogen) atoms. The maximum Gasteiger partial charge on any atom is 0.280 e. The number of alkyl halides is 2. The lowest BCUT2D eigenvalue weighted by atomic mass is 9.91. The third-order valence-electron chi connectivity index (χ3n) is 6.49. The average molecular weight is 453 g/mol. The van der Waals surface area contributed by atoms with E-state index in [0.29, 0.717) is 37.2 Å². The molecule has 0 saturated carbocycles. The van der Waals surface area contributed by atoms with Crippen LogP contribution in [0.2, 0.25) is 0 Å². The fourth-order valence-electron chi connectivity index (χ4n) is 4.95. The van der Waals surface area contributed by atoms with E-state index in [4.69, 9.17) is 4.74 Å². The van der Waals surface area contributed by atoms with E-state index in [-0.39, 0.29) is 24.2 Å². The number of aromatic nitrogens is 1. The first kappa shape index (κ1) is 21.7. The number of hydrogen-bond acceptors (Lipinski definition) is 5. The van der Waals surface area contributed by atoms with E-state index in [1.54, 1.807) is 11.0 Å². The Balaban J connectivity index is 1.60. The van der Waals surface area contributed by atoms with Gasteiger partial charge in [0.05, 0.1) is 36.7 Å². The molecular formula is C25H25F2N3O3.